The van der Waals surface area contributed by atoms with E-state index in [4.69, 9.17) is 34.1 Å². The van der Waals surface area contributed by atoms with Crippen molar-refractivity contribution >= 4 is 37.1 Å². The van der Waals surface area contributed by atoms with Gasteiger partial charge in [-0.15, -0.1) is 0 Å². The zero-order chi connectivity index (χ0) is 32.8. The first-order chi connectivity index (χ1) is 20.3. The van der Waals surface area contributed by atoms with E-state index in [0.29, 0.717) is 0 Å². The number of ether oxygens (including phenoxy) is 1. The van der Waals surface area contributed by atoms with Gasteiger partial charge in [-0.25, -0.2) is 0 Å². The normalized spacial score (nSPS) is 11.1. The van der Waals surface area contributed by atoms with Crippen molar-refractivity contribution in [1.29, 1.82) is 0 Å². The summed E-state index contributed by atoms with van der Waals surface area (Å²) in [4.78, 5) is 45.3. The first kappa shape index (κ1) is 49.1. The van der Waals surface area contributed by atoms with Gasteiger partial charge in [-0.05, 0) is 73.4 Å². The summed E-state index contributed by atoms with van der Waals surface area (Å²) < 4.78 is 6.02. The Morgan fingerprint density at radius 1 is 0.523 bits per heavy atom. The summed E-state index contributed by atoms with van der Waals surface area (Å²) >= 11 is 7.21. The summed E-state index contributed by atoms with van der Waals surface area (Å²) in [5.74, 6) is 1.15. The van der Waals surface area contributed by atoms with Crippen LogP contribution in [0.3, 0.4) is 0 Å². The number of rotatable bonds is 24. The van der Waals surface area contributed by atoms with Crippen LogP contribution < -0.4 is 4.74 Å². The van der Waals surface area contributed by atoms with Gasteiger partial charge in [0.05, 0.1) is 6.61 Å². The Bertz CT molecular complexity index is 817. The van der Waals surface area contributed by atoms with E-state index in [1.54, 1.807) is 5.56 Å². The van der Waals surface area contributed by atoms with Crippen LogP contribution in [0.15, 0.2) is 18.2 Å². The summed E-state index contributed by atoms with van der Waals surface area (Å²) in [6.45, 7) is -0.134. The molecule has 0 bridgehead atoms. The van der Waals surface area contributed by atoms with Crippen molar-refractivity contribution in [2.75, 3.05) is 6.61 Å². The summed E-state index contributed by atoms with van der Waals surface area (Å²) in [5.41, 5.74) is 3.06. The Labute approximate surface area is 292 Å². The molecule has 0 saturated heterocycles. The van der Waals surface area contributed by atoms with Crippen molar-refractivity contribution in [1.82, 2.24) is 0 Å². The van der Waals surface area contributed by atoms with E-state index in [9.17, 15) is 0 Å². The third kappa shape index (κ3) is 42.7. The van der Waals surface area contributed by atoms with Crippen LogP contribution in [0.1, 0.15) is 160 Å². The molecule has 0 aliphatic heterocycles. The molecule has 6 N–H and O–H groups in total. The fourth-order valence-electron chi connectivity index (χ4n) is 5.01. The molecule has 258 valence electrons. The Morgan fingerprint density at radius 3 is 1.18 bits per heavy atom. The first-order valence-corrected chi connectivity index (χ1v) is 22.0. The number of unbranched alkanes of at least 4 members (excludes halogenated alkanes) is 18. The van der Waals surface area contributed by atoms with Gasteiger partial charge in [0.1, 0.15) is 5.75 Å². The average Bonchev–Trinajstić information content (AvgIpc) is 2.90. The maximum absolute atomic E-state index is 7.56. The maximum atomic E-state index is 7.56. The van der Waals surface area contributed by atoms with Gasteiger partial charge in [-0.2, -0.15) is 0 Å². The standard InChI is InChI=1S/C32H58O.2H3O3PS.Zn/c1-4-7-9-11-13-15-17-19-21-23-26-30-27-25-29-32(33-6-3)31(30)28-24-22-20-18-16-14-12-10-8-5-2;2*1-4(2,3)5;/h25,27,29H,4-24,26,28H2,1-3H3;2*(H3,1,2,3,5);. The summed E-state index contributed by atoms with van der Waals surface area (Å²) in [6.07, 6.45) is 30.5. The first-order valence-electron chi connectivity index (χ1n) is 16.6. The molecule has 7 nitrogen and oxygen atoms in total. The van der Waals surface area contributed by atoms with Crippen LogP contribution in [0.4, 0.5) is 0 Å². The second-order valence-electron chi connectivity index (χ2n) is 11.2. The molecular weight excluding hydrogens is 688 g/mol. The summed E-state index contributed by atoms with van der Waals surface area (Å²) in [6, 6.07) is 6.76. The fourth-order valence-corrected chi connectivity index (χ4v) is 5.01. The number of hydrogen-bond acceptors (Lipinski definition) is 3. The summed E-state index contributed by atoms with van der Waals surface area (Å²) in [5, 5.41) is 0. The molecule has 44 heavy (non-hydrogen) atoms. The largest absolute Gasteiger partial charge is 0.494 e. The van der Waals surface area contributed by atoms with Gasteiger partial charge in [0.2, 0.25) is 0 Å². The SMILES string of the molecule is CCCCCCCCCCCCc1cccc(OCC)c1CCCCCCCCCCCC.OP(O)(O)=S.OP(O)(O)=S.[Zn]. The third-order valence-corrected chi connectivity index (χ3v) is 7.11. The zero-order valence-corrected chi connectivity index (χ0v) is 34.4. The van der Waals surface area contributed by atoms with Crippen LogP contribution in [-0.4, -0.2) is 36.0 Å². The monoisotopic (exact) mass is 750 g/mol. The Kier molecular flexibility index (Phi) is 37.5. The molecule has 0 unspecified atom stereocenters. The molecule has 0 saturated carbocycles. The molecule has 0 atom stereocenters. The smallest absolute Gasteiger partial charge is 0.319 e. The van der Waals surface area contributed by atoms with Gasteiger partial charge in [0.15, 0.2) is 0 Å². The van der Waals surface area contributed by atoms with Crippen LogP contribution in [0.2, 0.25) is 0 Å². The zero-order valence-electron chi connectivity index (χ0n) is 28.0. The molecule has 0 radical (unpaired) electrons. The molecule has 12 heteroatoms. The van der Waals surface area contributed by atoms with Gasteiger partial charge in [-0.3, -0.25) is 0 Å². The predicted molar refractivity (Wildman–Crippen MR) is 191 cm³/mol. The minimum atomic E-state index is -3.81. The van der Waals surface area contributed by atoms with E-state index in [1.807, 2.05) is 0 Å². The topological polar surface area (TPSA) is 131 Å². The molecule has 1 aromatic rings. The quantitative estimate of drug-likeness (QED) is 0.0348. The second kappa shape index (κ2) is 33.6. The van der Waals surface area contributed by atoms with Gasteiger partial charge < -0.3 is 34.1 Å². The van der Waals surface area contributed by atoms with Crippen LogP contribution >= 0.6 is 13.4 Å². The molecule has 0 fully saturated rings. The van der Waals surface area contributed by atoms with E-state index in [0.717, 1.165) is 12.4 Å². The molecule has 0 amide bonds. The predicted octanol–water partition coefficient (Wildman–Crippen LogP) is 9.39. The molecular formula is C32H64O7P2S2Zn. The van der Waals surface area contributed by atoms with Crippen LogP contribution in [0.5, 0.6) is 5.75 Å². The Hall–Kier alpha value is 0.703. The number of hydrogen-bond donors (Lipinski definition) is 6. The fraction of sp³-hybridized carbons (Fsp3) is 0.812. The van der Waals surface area contributed by atoms with Gasteiger partial charge >= 0.3 is 13.4 Å². The van der Waals surface area contributed by atoms with Crippen molar-refractivity contribution in [3.05, 3.63) is 29.3 Å². The Morgan fingerprint density at radius 2 is 0.841 bits per heavy atom. The Balaban J connectivity index is -0.00000131. The molecule has 0 spiro atoms. The molecule has 0 aromatic heterocycles. The van der Waals surface area contributed by atoms with E-state index < -0.39 is 13.4 Å². The van der Waals surface area contributed by atoms with Crippen LogP contribution in [-0.2, 0) is 55.9 Å². The van der Waals surface area contributed by atoms with E-state index in [1.165, 1.54) is 147 Å². The van der Waals surface area contributed by atoms with Crippen molar-refractivity contribution in [3.63, 3.8) is 0 Å². The minimum Gasteiger partial charge on any atom is -0.494 e. The van der Waals surface area contributed by atoms with E-state index in [-0.39, 0.29) is 19.5 Å². The van der Waals surface area contributed by atoms with Crippen molar-refractivity contribution in [2.24, 2.45) is 0 Å². The molecule has 1 aromatic carbocycles. The number of aryl methyl sites for hydroxylation is 1. The average molecular weight is 752 g/mol. The van der Waals surface area contributed by atoms with Crippen molar-refractivity contribution in [2.45, 2.75) is 162 Å². The van der Waals surface area contributed by atoms with E-state index >= 15 is 0 Å². The summed E-state index contributed by atoms with van der Waals surface area (Å²) in [7, 11) is 0. The van der Waals surface area contributed by atoms with Gasteiger partial charge in [0, 0.05) is 19.5 Å². The second-order valence-corrected chi connectivity index (χ2v) is 16.2. The van der Waals surface area contributed by atoms with Gasteiger partial charge in [-0.1, -0.05) is 142 Å². The third-order valence-electron chi connectivity index (χ3n) is 7.11. The molecule has 1 rings (SSSR count). The van der Waals surface area contributed by atoms with Crippen molar-refractivity contribution < 1.29 is 53.6 Å². The molecule has 0 heterocycles. The molecule has 0 aliphatic rings. The maximum Gasteiger partial charge on any atom is 0.319 e. The van der Waals surface area contributed by atoms with Crippen LogP contribution in [0, 0.1) is 0 Å². The number of benzene rings is 1. The van der Waals surface area contributed by atoms with Crippen LogP contribution in [0.25, 0.3) is 0 Å². The molecule has 0 aliphatic carbocycles. The minimum absolute atomic E-state index is 0. The van der Waals surface area contributed by atoms with Gasteiger partial charge in [0.25, 0.3) is 0 Å². The van der Waals surface area contributed by atoms with Crippen molar-refractivity contribution in [3.8, 4) is 5.75 Å². The van der Waals surface area contributed by atoms with E-state index in [2.05, 4.69) is 62.6 Å².